The zero-order valence-electron chi connectivity index (χ0n) is 14.0. The van der Waals surface area contributed by atoms with E-state index in [4.69, 9.17) is 4.52 Å². The van der Waals surface area contributed by atoms with E-state index in [2.05, 4.69) is 30.6 Å². The number of hydrogen-bond donors (Lipinski definition) is 2. The van der Waals surface area contributed by atoms with Crippen molar-refractivity contribution in [3.8, 4) is 0 Å². The van der Waals surface area contributed by atoms with Gasteiger partial charge in [0.1, 0.15) is 0 Å². The van der Waals surface area contributed by atoms with Crippen LogP contribution in [0, 0.1) is 13.8 Å². The summed E-state index contributed by atoms with van der Waals surface area (Å²) in [5.41, 5.74) is 2.43. The Morgan fingerprint density at radius 3 is 2.92 bits per heavy atom. The lowest BCUT2D eigenvalue weighted by molar-refractivity contribution is -0.117. The number of nitrogens with one attached hydrogen (secondary N) is 2. The number of amides is 1. The predicted molar refractivity (Wildman–Crippen MR) is 86.5 cm³/mol. The van der Waals surface area contributed by atoms with E-state index in [-0.39, 0.29) is 11.9 Å². The summed E-state index contributed by atoms with van der Waals surface area (Å²) >= 11 is 0. The van der Waals surface area contributed by atoms with Gasteiger partial charge in [0.25, 0.3) is 0 Å². The van der Waals surface area contributed by atoms with E-state index in [9.17, 15) is 4.79 Å². The van der Waals surface area contributed by atoms with Gasteiger partial charge < -0.3 is 9.84 Å². The number of aromatic amines is 1. The lowest BCUT2D eigenvalue weighted by Gasteiger charge is -2.21. The summed E-state index contributed by atoms with van der Waals surface area (Å²) in [5, 5.41) is 14.1. The van der Waals surface area contributed by atoms with Gasteiger partial charge in [-0.2, -0.15) is 10.1 Å². The van der Waals surface area contributed by atoms with E-state index in [1.165, 1.54) is 0 Å². The number of aryl methyl sites for hydroxylation is 2. The van der Waals surface area contributed by atoms with Crippen LogP contribution in [0.3, 0.4) is 0 Å². The van der Waals surface area contributed by atoms with Crippen LogP contribution in [-0.2, 0) is 4.79 Å². The minimum atomic E-state index is -0.0413. The Hall–Kier alpha value is -2.22. The number of carbonyl (C=O) groups is 1. The Morgan fingerprint density at radius 1 is 1.38 bits per heavy atom. The van der Waals surface area contributed by atoms with Gasteiger partial charge in [0, 0.05) is 5.92 Å². The number of aromatic nitrogens is 4. The van der Waals surface area contributed by atoms with Crippen LogP contribution in [0.15, 0.2) is 4.52 Å². The average Bonchev–Trinajstić information content (AvgIpc) is 2.98. The second kappa shape index (κ2) is 6.01. The van der Waals surface area contributed by atoms with Gasteiger partial charge in [-0.25, -0.2) is 0 Å². The van der Waals surface area contributed by atoms with Crippen molar-refractivity contribution < 1.29 is 9.32 Å². The summed E-state index contributed by atoms with van der Waals surface area (Å²) in [6, 6.07) is 0.0681. The monoisotopic (exact) mass is 330 g/mol. The molecule has 128 valence electrons. The van der Waals surface area contributed by atoms with Gasteiger partial charge in [0.2, 0.25) is 11.8 Å². The first kappa shape index (κ1) is 15.3. The lowest BCUT2D eigenvalue weighted by Crippen LogP contribution is -2.33. The first-order valence-corrected chi connectivity index (χ1v) is 8.51. The van der Waals surface area contributed by atoms with E-state index < -0.39 is 0 Å². The molecule has 3 heterocycles. The summed E-state index contributed by atoms with van der Waals surface area (Å²) in [6.07, 6.45) is 4.28. The fourth-order valence-electron chi connectivity index (χ4n) is 3.28. The summed E-state index contributed by atoms with van der Waals surface area (Å²) in [6.45, 7) is 4.96. The minimum absolute atomic E-state index is 0.0413. The molecule has 2 N–H and O–H groups in total. The third-order valence-corrected chi connectivity index (χ3v) is 4.78. The maximum absolute atomic E-state index is 12.4. The van der Waals surface area contributed by atoms with Gasteiger partial charge >= 0.3 is 0 Å². The van der Waals surface area contributed by atoms with Crippen LogP contribution in [0.25, 0.3) is 0 Å². The highest BCUT2D eigenvalue weighted by atomic mass is 16.5. The molecule has 1 saturated heterocycles. The molecular weight excluding hydrogens is 308 g/mol. The van der Waals surface area contributed by atoms with Gasteiger partial charge in [0.05, 0.1) is 29.7 Å². The molecule has 1 saturated carbocycles. The number of H-pyrrole nitrogens is 1. The largest absolute Gasteiger partial charge is 0.339 e. The molecule has 1 aliphatic heterocycles. The summed E-state index contributed by atoms with van der Waals surface area (Å²) in [5.74, 6) is 1.89. The molecule has 2 fully saturated rings. The molecule has 2 aromatic rings. The predicted octanol–water partition coefficient (Wildman–Crippen LogP) is 2.06. The maximum Gasteiger partial charge on any atom is 0.238 e. The van der Waals surface area contributed by atoms with Crippen LogP contribution in [-0.4, -0.2) is 44.2 Å². The molecule has 1 amide bonds. The molecule has 8 heteroatoms. The second-order valence-electron chi connectivity index (χ2n) is 6.75. The number of nitrogens with zero attached hydrogens (tertiary/aromatic N) is 4. The molecule has 1 aliphatic carbocycles. The van der Waals surface area contributed by atoms with Gasteiger partial charge in [-0.05, 0) is 46.1 Å². The van der Waals surface area contributed by atoms with Gasteiger partial charge in [-0.1, -0.05) is 5.16 Å². The minimum Gasteiger partial charge on any atom is -0.339 e. The van der Waals surface area contributed by atoms with E-state index in [0.29, 0.717) is 12.5 Å². The van der Waals surface area contributed by atoms with E-state index in [0.717, 1.165) is 61.0 Å². The van der Waals surface area contributed by atoms with Crippen molar-refractivity contribution in [1.29, 1.82) is 0 Å². The molecule has 2 aromatic heterocycles. The van der Waals surface area contributed by atoms with Crippen LogP contribution in [0.4, 0.5) is 5.69 Å². The normalized spacial score (nSPS) is 21.3. The molecule has 0 radical (unpaired) electrons. The number of hydrogen-bond acceptors (Lipinski definition) is 6. The maximum atomic E-state index is 12.4. The SMILES string of the molecule is Cc1n[nH]c(C)c1NC(=O)CN1CCCC1c1noc(C2CC2)n1. The number of rotatable bonds is 5. The van der Waals surface area contributed by atoms with Crippen LogP contribution in [0.5, 0.6) is 0 Å². The van der Waals surface area contributed by atoms with Crippen LogP contribution >= 0.6 is 0 Å². The first-order chi connectivity index (χ1) is 11.6. The molecule has 0 aromatic carbocycles. The number of carbonyl (C=O) groups excluding carboxylic acids is 1. The third-order valence-electron chi connectivity index (χ3n) is 4.78. The molecule has 1 unspecified atom stereocenters. The van der Waals surface area contributed by atoms with Crippen molar-refractivity contribution in [1.82, 2.24) is 25.2 Å². The third kappa shape index (κ3) is 2.93. The molecule has 8 nitrogen and oxygen atoms in total. The van der Waals surface area contributed by atoms with Crippen LogP contribution in [0.1, 0.15) is 60.7 Å². The Bertz CT molecular complexity index is 728. The summed E-state index contributed by atoms with van der Waals surface area (Å²) in [7, 11) is 0. The molecule has 4 rings (SSSR count). The molecule has 0 spiro atoms. The topological polar surface area (TPSA) is 99.9 Å². The summed E-state index contributed by atoms with van der Waals surface area (Å²) < 4.78 is 5.37. The highest BCUT2D eigenvalue weighted by Gasteiger charge is 2.34. The smallest absolute Gasteiger partial charge is 0.238 e. The molecule has 0 bridgehead atoms. The van der Waals surface area contributed by atoms with Crippen LogP contribution < -0.4 is 5.32 Å². The Morgan fingerprint density at radius 2 is 2.21 bits per heavy atom. The first-order valence-electron chi connectivity index (χ1n) is 8.51. The van der Waals surface area contributed by atoms with Crippen molar-refractivity contribution in [3.05, 3.63) is 23.1 Å². The summed E-state index contributed by atoms with van der Waals surface area (Å²) in [4.78, 5) is 19.1. The second-order valence-corrected chi connectivity index (χ2v) is 6.75. The zero-order chi connectivity index (χ0) is 16.7. The van der Waals surface area contributed by atoms with Crippen molar-refractivity contribution >= 4 is 11.6 Å². The fraction of sp³-hybridized carbons (Fsp3) is 0.625. The fourth-order valence-corrected chi connectivity index (χ4v) is 3.28. The quantitative estimate of drug-likeness (QED) is 0.870. The average molecular weight is 330 g/mol. The Balaban J connectivity index is 1.41. The lowest BCUT2D eigenvalue weighted by atomic mass is 10.2. The van der Waals surface area contributed by atoms with Crippen molar-refractivity contribution in [2.24, 2.45) is 0 Å². The van der Waals surface area contributed by atoms with Gasteiger partial charge in [0.15, 0.2) is 5.82 Å². The van der Waals surface area contributed by atoms with E-state index in [1.807, 2.05) is 13.8 Å². The van der Waals surface area contributed by atoms with Crippen molar-refractivity contribution in [2.45, 2.75) is 51.5 Å². The van der Waals surface area contributed by atoms with Crippen LogP contribution in [0.2, 0.25) is 0 Å². The van der Waals surface area contributed by atoms with Crippen molar-refractivity contribution in [3.63, 3.8) is 0 Å². The Labute approximate surface area is 140 Å². The molecule has 1 atom stereocenters. The standard InChI is InChI=1S/C16H22N6O2/c1-9-14(10(2)20-19-9)17-13(23)8-22-7-3-4-12(22)15-18-16(24-21-15)11-5-6-11/h11-12H,3-8H2,1-2H3,(H,17,23)(H,19,20). The van der Waals surface area contributed by atoms with Gasteiger partial charge in [-0.15, -0.1) is 0 Å². The zero-order valence-corrected chi connectivity index (χ0v) is 14.0. The molecule has 24 heavy (non-hydrogen) atoms. The number of anilines is 1. The Kier molecular flexibility index (Phi) is 3.84. The number of likely N-dealkylation sites (tertiary alicyclic amines) is 1. The van der Waals surface area contributed by atoms with E-state index >= 15 is 0 Å². The highest BCUT2D eigenvalue weighted by molar-refractivity contribution is 5.93. The molecular formula is C16H22N6O2. The van der Waals surface area contributed by atoms with E-state index in [1.54, 1.807) is 0 Å². The highest BCUT2D eigenvalue weighted by Crippen LogP contribution is 2.40. The van der Waals surface area contributed by atoms with Gasteiger partial charge in [-0.3, -0.25) is 14.8 Å². The molecule has 2 aliphatic rings. The van der Waals surface area contributed by atoms with Crippen molar-refractivity contribution in [2.75, 3.05) is 18.4 Å².